The first-order chi connectivity index (χ1) is 9.25. The fraction of sp³-hybridized carbons (Fsp3) is 0.600. The molecule has 0 spiro atoms. The molecule has 0 amide bonds. The van der Waals surface area contributed by atoms with Gasteiger partial charge in [0.1, 0.15) is 5.75 Å². The summed E-state index contributed by atoms with van der Waals surface area (Å²) in [7, 11) is 0. The molecular formula is C15H23NOS2. The number of benzene rings is 1. The molecule has 1 saturated heterocycles. The lowest BCUT2D eigenvalue weighted by Crippen LogP contribution is -2.28. The molecule has 1 atom stereocenters. The van der Waals surface area contributed by atoms with Gasteiger partial charge < -0.3 is 10.1 Å². The Morgan fingerprint density at radius 2 is 2.16 bits per heavy atom. The van der Waals surface area contributed by atoms with Gasteiger partial charge in [0.15, 0.2) is 0 Å². The Morgan fingerprint density at radius 1 is 1.32 bits per heavy atom. The molecule has 19 heavy (non-hydrogen) atoms. The van der Waals surface area contributed by atoms with Gasteiger partial charge >= 0.3 is 0 Å². The lowest BCUT2D eigenvalue weighted by atomic mass is 10.2. The van der Waals surface area contributed by atoms with E-state index in [0.717, 1.165) is 24.1 Å². The number of thioether (sulfide) groups is 2. The molecule has 0 aliphatic carbocycles. The highest BCUT2D eigenvalue weighted by atomic mass is 32.2. The number of hydrogen-bond donors (Lipinski definition) is 1. The molecule has 0 radical (unpaired) electrons. The van der Waals surface area contributed by atoms with E-state index in [0.29, 0.717) is 0 Å². The Kier molecular flexibility index (Phi) is 6.41. The smallest absolute Gasteiger partial charge is 0.124 e. The summed E-state index contributed by atoms with van der Waals surface area (Å²) < 4.78 is 5.84. The standard InChI is InChI=1S/C15H23NOS2/c1-12(2)17-15-6-4-3-5-13(15)9-16-10-14-11-18-7-8-19-14/h3-6,12,14,16H,7-11H2,1-2H3. The van der Waals surface area contributed by atoms with Gasteiger partial charge in [0, 0.05) is 41.2 Å². The molecular weight excluding hydrogens is 274 g/mol. The van der Waals surface area contributed by atoms with Crippen molar-refractivity contribution in [2.75, 3.05) is 23.8 Å². The second kappa shape index (κ2) is 8.08. The van der Waals surface area contributed by atoms with Crippen molar-refractivity contribution in [1.29, 1.82) is 0 Å². The largest absolute Gasteiger partial charge is 0.491 e. The van der Waals surface area contributed by atoms with Crippen LogP contribution >= 0.6 is 23.5 Å². The highest BCUT2D eigenvalue weighted by Crippen LogP contribution is 2.24. The van der Waals surface area contributed by atoms with E-state index in [1.807, 2.05) is 6.07 Å². The van der Waals surface area contributed by atoms with E-state index in [-0.39, 0.29) is 6.10 Å². The zero-order valence-corrected chi connectivity index (χ0v) is 13.4. The Morgan fingerprint density at radius 3 is 2.89 bits per heavy atom. The van der Waals surface area contributed by atoms with Gasteiger partial charge in [-0.2, -0.15) is 23.5 Å². The third-order valence-electron chi connectivity index (χ3n) is 2.91. The van der Waals surface area contributed by atoms with Gasteiger partial charge in [-0.3, -0.25) is 0 Å². The van der Waals surface area contributed by atoms with Crippen LogP contribution in [0.1, 0.15) is 19.4 Å². The number of hydrogen-bond acceptors (Lipinski definition) is 4. The van der Waals surface area contributed by atoms with Crippen LogP contribution < -0.4 is 10.1 Å². The maximum Gasteiger partial charge on any atom is 0.124 e. The van der Waals surface area contributed by atoms with Crippen molar-refractivity contribution in [3.63, 3.8) is 0 Å². The van der Waals surface area contributed by atoms with Gasteiger partial charge in [0.25, 0.3) is 0 Å². The van der Waals surface area contributed by atoms with E-state index >= 15 is 0 Å². The first-order valence-corrected chi connectivity index (χ1v) is 9.10. The number of rotatable bonds is 6. The molecule has 1 heterocycles. The molecule has 0 saturated carbocycles. The SMILES string of the molecule is CC(C)Oc1ccccc1CNCC1CSCCS1. The molecule has 1 aromatic carbocycles. The Balaban J connectivity index is 1.81. The summed E-state index contributed by atoms with van der Waals surface area (Å²) in [5.41, 5.74) is 1.25. The Bertz CT molecular complexity index is 378. The van der Waals surface area contributed by atoms with Gasteiger partial charge in [-0.15, -0.1) is 0 Å². The maximum atomic E-state index is 5.84. The van der Waals surface area contributed by atoms with Crippen molar-refractivity contribution in [3.05, 3.63) is 29.8 Å². The highest BCUT2D eigenvalue weighted by Gasteiger charge is 2.14. The summed E-state index contributed by atoms with van der Waals surface area (Å²) in [6, 6.07) is 8.32. The van der Waals surface area contributed by atoms with E-state index in [4.69, 9.17) is 4.74 Å². The highest BCUT2D eigenvalue weighted by molar-refractivity contribution is 8.06. The summed E-state index contributed by atoms with van der Waals surface area (Å²) in [5.74, 6) is 4.90. The van der Waals surface area contributed by atoms with Crippen molar-refractivity contribution < 1.29 is 4.74 Å². The molecule has 1 aromatic rings. The van der Waals surface area contributed by atoms with Gasteiger partial charge in [-0.25, -0.2) is 0 Å². The van der Waals surface area contributed by atoms with E-state index in [9.17, 15) is 0 Å². The van der Waals surface area contributed by atoms with Crippen LogP contribution in [0, 0.1) is 0 Å². The second-order valence-corrected chi connectivity index (χ2v) is 7.53. The topological polar surface area (TPSA) is 21.3 Å². The lowest BCUT2D eigenvalue weighted by molar-refractivity contribution is 0.239. The quantitative estimate of drug-likeness (QED) is 0.868. The average molecular weight is 297 g/mol. The molecule has 2 nitrogen and oxygen atoms in total. The van der Waals surface area contributed by atoms with Gasteiger partial charge in [0.05, 0.1) is 6.10 Å². The number of para-hydroxylation sites is 1. The van der Waals surface area contributed by atoms with Crippen LogP contribution in [0.25, 0.3) is 0 Å². The first-order valence-electron chi connectivity index (χ1n) is 6.90. The predicted octanol–water partition coefficient (Wildman–Crippen LogP) is 3.41. The van der Waals surface area contributed by atoms with Crippen LogP contribution in [-0.2, 0) is 6.54 Å². The summed E-state index contributed by atoms with van der Waals surface area (Å²) in [6.45, 7) is 6.12. The minimum absolute atomic E-state index is 0.228. The van der Waals surface area contributed by atoms with Gasteiger partial charge in [-0.05, 0) is 19.9 Å². The fourth-order valence-corrected chi connectivity index (χ4v) is 4.69. The molecule has 0 aromatic heterocycles. The van der Waals surface area contributed by atoms with E-state index in [1.165, 1.54) is 22.8 Å². The van der Waals surface area contributed by atoms with Crippen molar-refractivity contribution in [2.45, 2.75) is 31.7 Å². The van der Waals surface area contributed by atoms with E-state index in [1.54, 1.807) is 0 Å². The number of ether oxygens (including phenoxy) is 1. The summed E-state index contributed by atoms with van der Waals surface area (Å²) >= 11 is 4.17. The van der Waals surface area contributed by atoms with Crippen molar-refractivity contribution in [3.8, 4) is 5.75 Å². The van der Waals surface area contributed by atoms with Crippen LogP contribution in [-0.4, -0.2) is 35.2 Å². The Labute approximate surface area is 125 Å². The zero-order valence-electron chi connectivity index (χ0n) is 11.7. The molecule has 1 aliphatic rings. The molecule has 1 N–H and O–H groups in total. The second-order valence-electron chi connectivity index (χ2n) is 4.97. The van der Waals surface area contributed by atoms with Crippen molar-refractivity contribution in [2.24, 2.45) is 0 Å². The van der Waals surface area contributed by atoms with E-state index in [2.05, 4.69) is 60.9 Å². The van der Waals surface area contributed by atoms with E-state index < -0.39 is 0 Å². The monoisotopic (exact) mass is 297 g/mol. The summed E-state index contributed by atoms with van der Waals surface area (Å²) in [6.07, 6.45) is 0.228. The fourth-order valence-electron chi connectivity index (χ4n) is 2.04. The van der Waals surface area contributed by atoms with Gasteiger partial charge in [-0.1, -0.05) is 18.2 Å². The lowest BCUT2D eigenvalue weighted by Gasteiger charge is -2.21. The first kappa shape index (κ1) is 15.1. The minimum Gasteiger partial charge on any atom is -0.491 e. The van der Waals surface area contributed by atoms with Gasteiger partial charge in [0.2, 0.25) is 0 Å². The molecule has 106 valence electrons. The average Bonchev–Trinajstić information content (AvgIpc) is 2.41. The van der Waals surface area contributed by atoms with Crippen molar-refractivity contribution in [1.82, 2.24) is 5.32 Å². The zero-order chi connectivity index (χ0) is 13.5. The molecule has 1 aliphatic heterocycles. The van der Waals surface area contributed by atoms with Crippen LogP contribution in [0.4, 0.5) is 0 Å². The maximum absolute atomic E-state index is 5.84. The Hall–Kier alpha value is -0.320. The predicted molar refractivity (Wildman–Crippen MR) is 87.5 cm³/mol. The van der Waals surface area contributed by atoms with Crippen LogP contribution in [0.3, 0.4) is 0 Å². The van der Waals surface area contributed by atoms with Crippen LogP contribution in [0.2, 0.25) is 0 Å². The molecule has 1 unspecified atom stereocenters. The third-order valence-corrected chi connectivity index (χ3v) is 5.75. The molecule has 4 heteroatoms. The number of nitrogens with one attached hydrogen (secondary N) is 1. The van der Waals surface area contributed by atoms with Crippen molar-refractivity contribution >= 4 is 23.5 Å². The van der Waals surface area contributed by atoms with Crippen LogP contribution in [0.15, 0.2) is 24.3 Å². The minimum atomic E-state index is 0.228. The molecule has 0 bridgehead atoms. The summed E-state index contributed by atoms with van der Waals surface area (Å²) in [5, 5.41) is 4.33. The summed E-state index contributed by atoms with van der Waals surface area (Å²) in [4.78, 5) is 0. The third kappa shape index (κ3) is 5.28. The molecule has 1 fully saturated rings. The molecule has 2 rings (SSSR count). The van der Waals surface area contributed by atoms with Crippen LogP contribution in [0.5, 0.6) is 5.75 Å². The normalized spacial score (nSPS) is 19.6.